The number of anilines is 1. The maximum absolute atomic E-state index is 11.2. The summed E-state index contributed by atoms with van der Waals surface area (Å²) in [4.78, 5) is 22.2. The van der Waals surface area contributed by atoms with Crippen molar-refractivity contribution in [3.63, 3.8) is 0 Å². The van der Waals surface area contributed by atoms with Crippen LogP contribution in [-0.2, 0) is 9.59 Å². The molecule has 0 saturated heterocycles. The first-order chi connectivity index (χ1) is 6.74. The number of amides is 2. The molecule has 0 aliphatic carbocycles. The van der Waals surface area contributed by atoms with Crippen molar-refractivity contribution in [1.29, 1.82) is 0 Å². The number of rotatable bonds is 2. The normalized spacial score (nSPS) is 9.21. The maximum Gasteiger partial charge on any atom is 0.313 e. The molecule has 1 radical (unpaired) electrons. The standard InChI is InChI=1S/C10H11N2O2/c1-2-11-9(13)10(14)12-8-6-4-3-5-7-8/h3-6H,2H2,1H3,(H,11,13)(H,12,14). The number of nitrogens with one attached hydrogen (secondary N) is 2. The van der Waals surface area contributed by atoms with Gasteiger partial charge in [-0.1, -0.05) is 18.2 Å². The minimum absolute atomic E-state index is 0.435. The van der Waals surface area contributed by atoms with Gasteiger partial charge in [-0.25, -0.2) is 0 Å². The number of carbonyl (C=O) groups excluding carboxylic acids is 2. The Morgan fingerprint density at radius 2 is 2.14 bits per heavy atom. The van der Waals surface area contributed by atoms with Gasteiger partial charge in [-0.05, 0) is 13.0 Å². The van der Waals surface area contributed by atoms with Crippen LogP contribution in [0.4, 0.5) is 5.69 Å². The molecule has 4 heteroatoms. The summed E-state index contributed by atoms with van der Waals surface area (Å²) in [6.45, 7) is 2.19. The first-order valence-corrected chi connectivity index (χ1v) is 4.30. The molecule has 1 aromatic rings. The zero-order chi connectivity index (χ0) is 10.4. The molecule has 0 fully saturated rings. The predicted molar refractivity (Wildman–Crippen MR) is 52.6 cm³/mol. The van der Waals surface area contributed by atoms with Crippen LogP contribution in [0.3, 0.4) is 0 Å². The fourth-order valence-corrected chi connectivity index (χ4v) is 0.891. The van der Waals surface area contributed by atoms with Gasteiger partial charge in [-0.2, -0.15) is 0 Å². The molecule has 0 saturated carbocycles. The second-order valence-corrected chi connectivity index (χ2v) is 2.59. The van der Waals surface area contributed by atoms with E-state index in [0.29, 0.717) is 12.2 Å². The Morgan fingerprint density at radius 1 is 1.36 bits per heavy atom. The molecule has 14 heavy (non-hydrogen) atoms. The third kappa shape index (κ3) is 2.90. The van der Waals surface area contributed by atoms with Crippen LogP contribution in [0, 0.1) is 6.07 Å². The molecule has 73 valence electrons. The van der Waals surface area contributed by atoms with Crippen LogP contribution in [0.25, 0.3) is 0 Å². The fraction of sp³-hybridized carbons (Fsp3) is 0.200. The molecule has 1 aromatic carbocycles. The minimum Gasteiger partial charge on any atom is -0.348 e. The molecule has 0 aliphatic rings. The van der Waals surface area contributed by atoms with Gasteiger partial charge in [-0.15, -0.1) is 0 Å². The third-order valence-electron chi connectivity index (χ3n) is 1.50. The quantitative estimate of drug-likeness (QED) is 0.671. The van der Waals surface area contributed by atoms with E-state index in [2.05, 4.69) is 16.7 Å². The van der Waals surface area contributed by atoms with E-state index >= 15 is 0 Å². The number of likely N-dealkylation sites (N-methyl/N-ethyl adjacent to an activating group) is 1. The van der Waals surface area contributed by atoms with E-state index < -0.39 is 11.8 Å². The van der Waals surface area contributed by atoms with Crippen LogP contribution in [0.1, 0.15) is 6.92 Å². The van der Waals surface area contributed by atoms with Gasteiger partial charge in [-0.3, -0.25) is 9.59 Å². The topological polar surface area (TPSA) is 58.2 Å². The Kier molecular flexibility index (Phi) is 3.67. The molecule has 0 aliphatic heterocycles. The smallest absolute Gasteiger partial charge is 0.313 e. The van der Waals surface area contributed by atoms with E-state index in [0.717, 1.165) is 0 Å². The van der Waals surface area contributed by atoms with Crippen molar-refractivity contribution in [2.45, 2.75) is 6.92 Å². The van der Waals surface area contributed by atoms with Crippen LogP contribution in [0.2, 0.25) is 0 Å². The zero-order valence-corrected chi connectivity index (χ0v) is 7.83. The average Bonchev–Trinajstić information content (AvgIpc) is 2.19. The van der Waals surface area contributed by atoms with Crippen LogP contribution < -0.4 is 10.6 Å². The van der Waals surface area contributed by atoms with Crippen molar-refractivity contribution in [2.24, 2.45) is 0 Å². The lowest BCUT2D eigenvalue weighted by atomic mass is 10.3. The maximum atomic E-state index is 11.2. The monoisotopic (exact) mass is 191 g/mol. The lowest BCUT2D eigenvalue weighted by molar-refractivity contribution is -0.136. The summed E-state index contributed by atoms with van der Waals surface area (Å²) < 4.78 is 0. The van der Waals surface area contributed by atoms with Crippen molar-refractivity contribution in [3.05, 3.63) is 30.3 Å². The van der Waals surface area contributed by atoms with Gasteiger partial charge in [0.1, 0.15) is 0 Å². The Balaban J connectivity index is 2.53. The first-order valence-electron chi connectivity index (χ1n) is 4.30. The molecule has 0 bridgehead atoms. The molecule has 0 aromatic heterocycles. The molecule has 4 nitrogen and oxygen atoms in total. The van der Waals surface area contributed by atoms with Gasteiger partial charge < -0.3 is 10.6 Å². The molecule has 0 heterocycles. The molecular weight excluding hydrogens is 180 g/mol. The lowest BCUT2D eigenvalue weighted by Crippen LogP contribution is -2.35. The molecule has 0 unspecified atom stereocenters. The highest BCUT2D eigenvalue weighted by Crippen LogP contribution is 2.02. The van der Waals surface area contributed by atoms with Gasteiger partial charge in [0.15, 0.2) is 0 Å². The molecule has 1 rings (SSSR count). The second kappa shape index (κ2) is 5.01. The molecule has 2 amide bonds. The van der Waals surface area contributed by atoms with E-state index in [1.54, 1.807) is 31.2 Å². The fourth-order valence-electron chi connectivity index (χ4n) is 0.891. The second-order valence-electron chi connectivity index (χ2n) is 2.59. The summed E-state index contributed by atoms with van der Waals surface area (Å²) in [5.74, 6) is -1.31. The summed E-state index contributed by atoms with van der Waals surface area (Å²) in [5.41, 5.74) is 0.490. The minimum atomic E-state index is -0.672. The predicted octanol–water partition coefficient (Wildman–Crippen LogP) is 0.561. The summed E-state index contributed by atoms with van der Waals surface area (Å²) in [7, 11) is 0. The highest BCUT2D eigenvalue weighted by molar-refractivity contribution is 6.39. The summed E-state index contributed by atoms with van der Waals surface area (Å²) in [6.07, 6.45) is 0. The van der Waals surface area contributed by atoms with E-state index in [1.807, 2.05) is 0 Å². The molecule has 0 atom stereocenters. The molecular formula is C10H11N2O2. The molecule has 2 N–H and O–H groups in total. The third-order valence-corrected chi connectivity index (χ3v) is 1.50. The van der Waals surface area contributed by atoms with Crippen molar-refractivity contribution in [2.75, 3.05) is 11.9 Å². The summed E-state index contributed by atoms with van der Waals surface area (Å²) in [6, 6.07) is 9.64. The van der Waals surface area contributed by atoms with Crippen LogP contribution >= 0.6 is 0 Å². The average molecular weight is 191 g/mol. The number of carbonyl (C=O) groups is 2. The highest BCUT2D eigenvalue weighted by atomic mass is 16.2. The van der Waals surface area contributed by atoms with E-state index in [-0.39, 0.29) is 0 Å². The van der Waals surface area contributed by atoms with Gasteiger partial charge in [0.25, 0.3) is 0 Å². The van der Waals surface area contributed by atoms with Crippen LogP contribution in [0.5, 0.6) is 0 Å². The Labute approximate surface area is 82.3 Å². The SMILES string of the molecule is CCNC(=O)C(=O)Nc1[c]cccc1. The van der Waals surface area contributed by atoms with Gasteiger partial charge in [0.05, 0.1) is 0 Å². The summed E-state index contributed by atoms with van der Waals surface area (Å²) in [5, 5.41) is 4.82. The van der Waals surface area contributed by atoms with E-state index in [9.17, 15) is 9.59 Å². The van der Waals surface area contributed by atoms with Gasteiger partial charge in [0.2, 0.25) is 0 Å². The number of hydrogen-bond donors (Lipinski definition) is 2. The number of para-hydroxylation sites is 1. The number of benzene rings is 1. The van der Waals surface area contributed by atoms with Gasteiger partial charge >= 0.3 is 11.8 Å². The molecule has 0 spiro atoms. The van der Waals surface area contributed by atoms with E-state index in [4.69, 9.17) is 0 Å². The van der Waals surface area contributed by atoms with Crippen molar-refractivity contribution >= 4 is 17.5 Å². The van der Waals surface area contributed by atoms with Gasteiger partial charge in [0, 0.05) is 18.3 Å². The lowest BCUT2D eigenvalue weighted by Gasteiger charge is -2.03. The first kappa shape index (κ1) is 10.2. The Hall–Kier alpha value is -1.84. The largest absolute Gasteiger partial charge is 0.348 e. The van der Waals surface area contributed by atoms with E-state index in [1.165, 1.54) is 0 Å². The summed E-state index contributed by atoms with van der Waals surface area (Å²) >= 11 is 0. The Morgan fingerprint density at radius 3 is 2.71 bits per heavy atom. The Bertz CT molecular complexity index is 322. The van der Waals surface area contributed by atoms with Crippen molar-refractivity contribution < 1.29 is 9.59 Å². The van der Waals surface area contributed by atoms with Crippen LogP contribution in [-0.4, -0.2) is 18.4 Å². The highest BCUT2D eigenvalue weighted by Gasteiger charge is 2.11. The number of hydrogen-bond acceptors (Lipinski definition) is 2. The van der Waals surface area contributed by atoms with Crippen molar-refractivity contribution in [1.82, 2.24) is 5.32 Å². The zero-order valence-electron chi connectivity index (χ0n) is 7.83. The van der Waals surface area contributed by atoms with Crippen molar-refractivity contribution in [3.8, 4) is 0 Å². The van der Waals surface area contributed by atoms with Crippen LogP contribution in [0.15, 0.2) is 24.3 Å².